The van der Waals surface area contributed by atoms with Gasteiger partial charge >= 0.3 is 0 Å². The highest BCUT2D eigenvalue weighted by atomic mass is 31.1. The van der Waals surface area contributed by atoms with Crippen molar-refractivity contribution in [1.82, 2.24) is 0 Å². The van der Waals surface area contributed by atoms with Crippen LogP contribution < -0.4 is 9.47 Å². The van der Waals surface area contributed by atoms with Gasteiger partial charge in [-0.2, -0.15) is 0 Å². The van der Waals surface area contributed by atoms with Crippen LogP contribution in [0.4, 0.5) is 0 Å². The number of hydrogen-bond donors (Lipinski definition) is 0. The summed E-state index contributed by atoms with van der Waals surface area (Å²) in [5.41, 5.74) is 1.21. The Labute approximate surface area is 129 Å². The van der Waals surface area contributed by atoms with E-state index in [1.165, 1.54) is 0 Å². The highest BCUT2D eigenvalue weighted by Gasteiger charge is 2.29. The molecule has 0 spiro atoms. The van der Waals surface area contributed by atoms with Crippen LogP contribution in [0.1, 0.15) is 44.5 Å². The van der Waals surface area contributed by atoms with E-state index in [1.54, 1.807) is 14.2 Å². The minimum absolute atomic E-state index is 0.197. The molecule has 1 rings (SSSR count). The third-order valence-corrected chi connectivity index (χ3v) is 6.89. The van der Waals surface area contributed by atoms with Gasteiger partial charge in [0, 0.05) is 0 Å². The van der Waals surface area contributed by atoms with E-state index in [0.717, 1.165) is 12.6 Å². The van der Waals surface area contributed by atoms with E-state index in [0.29, 0.717) is 28.6 Å². The molecule has 0 bridgehead atoms. The summed E-state index contributed by atoms with van der Waals surface area (Å²) >= 11 is 0. The lowest BCUT2D eigenvalue weighted by atomic mass is 10.2. The monoisotopic (exact) mass is 310 g/mol. The molecular weight excluding hydrogens is 283 g/mol. The van der Waals surface area contributed by atoms with E-state index in [9.17, 15) is 4.79 Å². The van der Waals surface area contributed by atoms with Gasteiger partial charge < -0.3 is 9.47 Å². The van der Waals surface area contributed by atoms with Crippen molar-refractivity contribution in [3.8, 4) is 11.5 Å². The van der Waals surface area contributed by atoms with Gasteiger partial charge in [-0.05, 0) is 44.2 Å². The van der Waals surface area contributed by atoms with Crippen LogP contribution in [0.2, 0.25) is 0 Å². The lowest BCUT2D eigenvalue weighted by Crippen LogP contribution is -2.14. The molecule has 0 fully saturated rings. The van der Waals surface area contributed by atoms with E-state index in [-0.39, 0.29) is 5.52 Å². The fourth-order valence-corrected chi connectivity index (χ4v) is 4.94. The molecule has 0 amide bonds. The molecule has 3 nitrogen and oxygen atoms in total. The van der Waals surface area contributed by atoms with Crippen molar-refractivity contribution in [3.63, 3.8) is 0 Å². The first-order valence-electron chi connectivity index (χ1n) is 7.48. The Kier molecular flexibility index (Phi) is 7.17. The van der Waals surface area contributed by atoms with Crippen LogP contribution in [0.25, 0.3) is 0 Å². The van der Waals surface area contributed by atoms with E-state index < -0.39 is 7.92 Å². The highest BCUT2D eigenvalue weighted by molar-refractivity contribution is 7.76. The summed E-state index contributed by atoms with van der Waals surface area (Å²) in [6, 6.07) is 5.51. The fraction of sp³-hybridized carbons (Fsp3) is 0.588. The van der Waals surface area contributed by atoms with Crippen molar-refractivity contribution in [2.75, 3.05) is 20.4 Å². The van der Waals surface area contributed by atoms with Gasteiger partial charge in [0.05, 0.1) is 14.2 Å². The number of carbonyl (C=O) groups excluding carboxylic acids is 1. The summed E-state index contributed by atoms with van der Waals surface area (Å²) in [7, 11) is 2.45. The average molecular weight is 310 g/mol. The summed E-state index contributed by atoms with van der Waals surface area (Å²) < 4.78 is 10.8. The summed E-state index contributed by atoms with van der Waals surface area (Å²) in [6.45, 7) is 8.66. The normalized spacial score (nSPS) is 13.9. The molecule has 21 heavy (non-hydrogen) atoms. The largest absolute Gasteiger partial charge is 0.496 e. The molecule has 1 aromatic carbocycles. The van der Waals surface area contributed by atoms with Crippen LogP contribution in [0, 0.1) is 5.92 Å². The fourth-order valence-electron chi connectivity index (χ4n) is 2.28. The predicted octanol–water partition coefficient (Wildman–Crippen LogP) is 4.78. The van der Waals surface area contributed by atoms with Gasteiger partial charge in [0.15, 0.2) is 5.52 Å². The summed E-state index contributed by atoms with van der Waals surface area (Å²) in [4.78, 5) is 13.1. The second kappa shape index (κ2) is 8.38. The zero-order valence-corrected chi connectivity index (χ0v) is 14.9. The number of hydrogen-bond acceptors (Lipinski definition) is 3. The van der Waals surface area contributed by atoms with Crippen LogP contribution in [0.15, 0.2) is 18.2 Å². The maximum atomic E-state index is 13.1. The van der Waals surface area contributed by atoms with Crippen molar-refractivity contribution >= 4 is 13.4 Å². The van der Waals surface area contributed by atoms with Crippen molar-refractivity contribution in [3.05, 3.63) is 23.8 Å². The number of rotatable bonds is 8. The Hall–Kier alpha value is -1.08. The van der Waals surface area contributed by atoms with Crippen LogP contribution in [-0.4, -0.2) is 31.6 Å². The second-order valence-electron chi connectivity index (χ2n) is 5.65. The first-order chi connectivity index (χ1) is 9.96. The first kappa shape index (κ1) is 18.0. The topological polar surface area (TPSA) is 35.5 Å². The SMILES string of the molecule is CCC(C)P(CC(C)C)C(=O)c1c(OC)cccc1OC. The summed E-state index contributed by atoms with van der Waals surface area (Å²) in [5.74, 6) is 1.73. The van der Waals surface area contributed by atoms with Gasteiger partial charge in [-0.3, -0.25) is 4.79 Å². The molecule has 118 valence electrons. The van der Waals surface area contributed by atoms with Gasteiger partial charge in [0.25, 0.3) is 0 Å². The molecule has 0 saturated heterocycles. The van der Waals surface area contributed by atoms with Gasteiger partial charge in [0.1, 0.15) is 17.1 Å². The van der Waals surface area contributed by atoms with E-state index in [4.69, 9.17) is 9.47 Å². The smallest absolute Gasteiger partial charge is 0.191 e. The number of ether oxygens (including phenoxy) is 2. The van der Waals surface area contributed by atoms with Crippen LogP contribution in [0.3, 0.4) is 0 Å². The number of methoxy groups -OCH3 is 2. The Bertz CT molecular complexity index is 449. The zero-order valence-electron chi connectivity index (χ0n) is 14.0. The molecule has 4 heteroatoms. The van der Waals surface area contributed by atoms with Gasteiger partial charge in [-0.1, -0.05) is 33.8 Å². The maximum absolute atomic E-state index is 13.1. The maximum Gasteiger partial charge on any atom is 0.191 e. The minimum atomic E-state index is -0.742. The molecule has 0 N–H and O–H groups in total. The highest BCUT2D eigenvalue weighted by Crippen LogP contribution is 2.50. The molecule has 0 aliphatic carbocycles. The van der Waals surface area contributed by atoms with Gasteiger partial charge in [-0.25, -0.2) is 0 Å². The van der Waals surface area contributed by atoms with Crippen LogP contribution in [0.5, 0.6) is 11.5 Å². The third-order valence-electron chi connectivity index (χ3n) is 3.59. The van der Waals surface area contributed by atoms with Gasteiger partial charge in [0.2, 0.25) is 0 Å². The Morgan fingerprint density at radius 2 is 1.67 bits per heavy atom. The zero-order chi connectivity index (χ0) is 16.0. The molecule has 2 atom stereocenters. The number of benzene rings is 1. The van der Waals surface area contributed by atoms with Crippen molar-refractivity contribution in [2.45, 2.75) is 39.8 Å². The molecule has 0 aliphatic rings. The van der Waals surface area contributed by atoms with E-state index >= 15 is 0 Å². The van der Waals surface area contributed by atoms with Gasteiger partial charge in [-0.15, -0.1) is 0 Å². The lowest BCUT2D eigenvalue weighted by Gasteiger charge is -2.25. The Morgan fingerprint density at radius 3 is 2.05 bits per heavy atom. The first-order valence-corrected chi connectivity index (χ1v) is 9.07. The van der Waals surface area contributed by atoms with Crippen molar-refractivity contribution in [2.24, 2.45) is 5.92 Å². The standard InChI is InChI=1S/C17H27O3P/c1-7-13(4)21(11-12(2)3)17(18)16-14(19-5)9-8-10-15(16)20-6/h8-10,12-13H,7,11H2,1-6H3. The average Bonchev–Trinajstić information content (AvgIpc) is 2.49. The molecule has 1 aromatic rings. The molecule has 0 radical (unpaired) electrons. The quantitative estimate of drug-likeness (QED) is 0.648. The Balaban J connectivity index is 3.25. The van der Waals surface area contributed by atoms with E-state index in [1.807, 2.05) is 18.2 Å². The van der Waals surface area contributed by atoms with Crippen LogP contribution in [-0.2, 0) is 0 Å². The molecule has 0 heterocycles. The molecule has 0 saturated carbocycles. The summed E-state index contributed by atoms with van der Waals surface area (Å²) in [5, 5.41) is 0. The molecule has 2 unspecified atom stereocenters. The van der Waals surface area contributed by atoms with Crippen molar-refractivity contribution in [1.29, 1.82) is 0 Å². The lowest BCUT2D eigenvalue weighted by molar-refractivity contribution is 0.107. The number of carbonyl (C=O) groups is 1. The van der Waals surface area contributed by atoms with Crippen LogP contribution >= 0.6 is 7.92 Å². The molecular formula is C17H27O3P. The molecule has 0 aliphatic heterocycles. The minimum Gasteiger partial charge on any atom is -0.496 e. The molecule has 0 aromatic heterocycles. The van der Waals surface area contributed by atoms with Crippen molar-refractivity contribution < 1.29 is 14.3 Å². The predicted molar refractivity (Wildman–Crippen MR) is 90.3 cm³/mol. The van der Waals surface area contributed by atoms with E-state index in [2.05, 4.69) is 27.7 Å². The Morgan fingerprint density at radius 1 is 1.14 bits per heavy atom. The second-order valence-corrected chi connectivity index (χ2v) is 8.24. The third kappa shape index (κ3) is 4.44. The summed E-state index contributed by atoms with van der Waals surface area (Å²) in [6.07, 6.45) is 1.96.